The number of benzene rings is 2. The number of aryl methyl sites for hydroxylation is 1. The fraction of sp³-hybridized carbons (Fsp3) is 0.200. The molecule has 0 aliphatic rings. The molecular weight excluding hydrogens is 304 g/mol. The van der Waals surface area contributed by atoms with Crippen LogP contribution in [-0.4, -0.2) is 10.2 Å². The van der Waals surface area contributed by atoms with Gasteiger partial charge in [0.1, 0.15) is 11.7 Å². The van der Waals surface area contributed by atoms with Crippen molar-refractivity contribution in [3.63, 3.8) is 0 Å². The first-order valence-corrected chi connectivity index (χ1v) is 8.43. The molecule has 0 aliphatic heterocycles. The molecule has 3 heteroatoms. The molecule has 0 fully saturated rings. The third-order valence-corrected chi connectivity index (χ3v) is 5.45. The first-order chi connectivity index (χ1) is 11.0. The van der Waals surface area contributed by atoms with Gasteiger partial charge >= 0.3 is 0 Å². The second-order valence-corrected chi connectivity index (χ2v) is 7.07. The number of hydrogen-bond acceptors (Lipinski definition) is 3. The SMILES string of the molecule is Cc1ccc(C(O)c2ccc(C(C)(O)c3ccccc3)s2)cc1. The van der Waals surface area contributed by atoms with E-state index in [4.69, 9.17) is 0 Å². The molecule has 2 N–H and O–H groups in total. The lowest BCUT2D eigenvalue weighted by Crippen LogP contribution is -2.20. The van der Waals surface area contributed by atoms with E-state index in [0.717, 1.165) is 20.9 Å². The number of aliphatic hydroxyl groups excluding tert-OH is 1. The average Bonchev–Trinajstić information content (AvgIpc) is 3.06. The monoisotopic (exact) mass is 324 g/mol. The summed E-state index contributed by atoms with van der Waals surface area (Å²) in [7, 11) is 0. The number of thiophene rings is 1. The molecule has 3 aromatic rings. The largest absolute Gasteiger partial charge is 0.383 e. The Labute approximate surface area is 140 Å². The smallest absolute Gasteiger partial charge is 0.121 e. The molecule has 2 nitrogen and oxygen atoms in total. The van der Waals surface area contributed by atoms with Crippen LogP contribution < -0.4 is 0 Å². The van der Waals surface area contributed by atoms with Gasteiger partial charge in [0.25, 0.3) is 0 Å². The van der Waals surface area contributed by atoms with Gasteiger partial charge in [-0.2, -0.15) is 0 Å². The fourth-order valence-electron chi connectivity index (χ4n) is 2.58. The molecule has 2 aromatic carbocycles. The van der Waals surface area contributed by atoms with E-state index < -0.39 is 11.7 Å². The van der Waals surface area contributed by atoms with Crippen LogP contribution in [0, 0.1) is 6.92 Å². The predicted molar refractivity (Wildman–Crippen MR) is 94.7 cm³/mol. The van der Waals surface area contributed by atoms with Crippen molar-refractivity contribution in [1.29, 1.82) is 0 Å². The third-order valence-electron chi connectivity index (χ3n) is 4.11. The summed E-state index contributed by atoms with van der Waals surface area (Å²) in [6, 6.07) is 21.2. The Morgan fingerprint density at radius 2 is 1.57 bits per heavy atom. The topological polar surface area (TPSA) is 40.5 Å². The van der Waals surface area contributed by atoms with Crippen molar-refractivity contribution < 1.29 is 10.2 Å². The molecule has 1 aromatic heterocycles. The zero-order chi connectivity index (χ0) is 16.4. The molecule has 0 bridgehead atoms. The van der Waals surface area contributed by atoms with Crippen molar-refractivity contribution >= 4 is 11.3 Å². The molecule has 3 rings (SSSR count). The van der Waals surface area contributed by atoms with Crippen LogP contribution in [0.25, 0.3) is 0 Å². The molecule has 2 atom stereocenters. The highest BCUT2D eigenvalue weighted by atomic mass is 32.1. The Bertz CT molecular complexity index is 773. The van der Waals surface area contributed by atoms with Crippen molar-refractivity contribution in [2.75, 3.05) is 0 Å². The molecule has 0 aliphatic carbocycles. The molecule has 2 unspecified atom stereocenters. The second kappa shape index (κ2) is 6.28. The Balaban J connectivity index is 1.89. The van der Waals surface area contributed by atoms with Crippen LogP contribution in [0.3, 0.4) is 0 Å². The number of hydrogen-bond donors (Lipinski definition) is 2. The molecule has 118 valence electrons. The first-order valence-electron chi connectivity index (χ1n) is 7.61. The summed E-state index contributed by atoms with van der Waals surface area (Å²) in [6.45, 7) is 3.81. The van der Waals surface area contributed by atoms with Crippen LogP contribution in [0.1, 0.15) is 39.5 Å². The average molecular weight is 324 g/mol. The Kier molecular flexibility index (Phi) is 4.35. The summed E-state index contributed by atoms with van der Waals surface area (Å²) < 4.78 is 0. The maximum atomic E-state index is 10.9. The van der Waals surface area contributed by atoms with Gasteiger partial charge in [-0.1, -0.05) is 60.2 Å². The van der Waals surface area contributed by atoms with Gasteiger partial charge in [0.2, 0.25) is 0 Å². The molecule has 0 saturated heterocycles. The molecule has 0 saturated carbocycles. The highest BCUT2D eigenvalue weighted by Gasteiger charge is 2.28. The van der Waals surface area contributed by atoms with Crippen LogP contribution in [0.15, 0.2) is 66.7 Å². The van der Waals surface area contributed by atoms with E-state index in [1.54, 1.807) is 6.92 Å². The standard InChI is InChI=1S/C20H20O2S/c1-14-8-10-15(11-9-14)19(21)17-12-13-18(23-17)20(2,22)16-6-4-3-5-7-16/h3-13,19,21-22H,1-2H3. The van der Waals surface area contributed by atoms with E-state index in [0.29, 0.717) is 0 Å². The molecular formula is C20H20O2S. The molecule has 0 amide bonds. The first kappa shape index (κ1) is 15.9. The van der Waals surface area contributed by atoms with Crippen molar-refractivity contribution in [2.24, 2.45) is 0 Å². The van der Waals surface area contributed by atoms with Gasteiger partial charge in [-0.25, -0.2) is 0 Å². The van der Waals surface area contributed by atoms with Crippen LogP contribution in [0.2, 0.25) is 0 Å². The van der Waals surface area contributed by atoms with E-state index in [2.05, 4.69) is 0 Å². The van der Waals surface area contributed by atoms with E-state index in [-0.39, 0.29) is 0 Å². The summed E-state index contributed by atoms with van der Waals surface area (Å²) in [4.78, 5) is 1.66. The highest BCUT2D eigenvalue weighted by Crippen LogP contribution is 2.37. The van der Waals surface area contributed by atoms with E-state index >= 15 is 0 Å². The third kappa shape index (κ3) is 3.22. The summed E-state index contributed by atoms with van der Waals surface area (Å²) in [5.74, 6) is 0. The van der Waals surface area contributed by atoms with Gasteiger partial charge in [-0.15, -0.1) is 11.3 Å². The fourth-order valence-corrected chi connectivity index (χ4v) is 3.67. The Morgan fingerprint density at radius 3 is 2.22 bits per heavy atom. The molecule has 23 heavy (non-hydrogen) atoms. The minimum absolute atomic E-state index is 0.666. The van der Waals surface area contributed by atoms with Gasteiger partial charge in [-0.05, 0) is 37.1 Å². The van der Waals surface area contributed by atoms with Crippen LogP contribution >= 0.6 is 11.3 Å². The van der Waals surface area contributed by atoms with Gasteiger partial charge in [0.15, 0.2) is 0 Å². The number of aliphatic hydroxyl groups is 2. The maximum absolute atomic E-state index is 10.9. The summed E-state index contributed by atoms with van der Waals surface area (Å²) >= 11 is 1.44. The molecule has 1 heterocycles. The minimum atomic E-state index is -1.06. The molecule has 0 spiro atoms. The summed E-state index contributed by atoms with van der Waals surface area (Å²) in [5.41, 5.74) is 1.82. The van der Waals surface area contributed by atoms with E-state index in [1.165, 1.54) is 16.9 Å². The molecule has 0 radical (unpaired) electrons. The van der Waals surface area contributed by atoms with Gasteiger partial charge < -0.3 is 10.2 Å². The highest BCUT2D eigenvalue weighted by molar-refractivity contribution is 7.12. The van der Waals surface area contributed by atoms with Crippen LogP contribution in [-0.2, 0) is 5.60 Å². The van der Waals surface area contributed by atoms with Crippen LogP contribution in [0.4, 0.5) is 0 Å². The quantitative estimate of drug-likeness (QED) is 0.747. The Morgan fingerprint density at radius 1 is 0.913 bits per heavy atom. The lowest BCUT2D eigenvalue weighted by Gasteiger charge is -2.22. The van der Waals surface area contributed by atoms with Crippen molar-refractivity contribution in [3.05, 3.63) is 93.2 Å². The Hall–Kier alpha value is -1.94. The van der Waals surface area contributed by atoms with Crippen molar-refractivity contribution in [2.45, 2.75) is 25.6 Å². The minimum Gasteiger partial charge on any atom is -0.383 e. The van der Waals surface area contributed by atoms with Crippen LogP contribution in [0.5, 0.6) is 0 Å². The second-order valence-electron chi connectivity index (χ2n) is 5.95. The number of rotatable bonds is 4. The normalized spacial score (nSPS) is 15.1. The van der Waals surface area contributed by atoms with E-state index in [9.17, 15) is 10.2 Å². The zero-order valence-corrected chi connectivity index (χ0v) is 14.0. The maximum Gasteiger partial charge on any atom is 0.121 e. The zero-order valence-electron chi connectivity index (χ0n) is 13.2. The van der Waals surface area contributed by atoms with Gasteiger partial charge in [-0.3, -0.25) is 0 Å². The predicted octanol–water partition coefficient (Wildman–Crippen LogP) is 4.39. The lowest BCUT2D eigenvalue weighted by molar-refractivity contribution is 0.106. The van der Waals surface area contributed by atoms with Crippen molar-refractivity contribution in [1.82, 2.24) is 0 Å². The van der Waals surface area contributed by atoms with E-state index in [1.807, 2.05) is 73.7 Å². The summed E-state index contributed by atoms with van der Waals surface area (Å²) in [5, 5.41) is 21.4. The van der Waals surface area contributed by atoms with Crippen molar-refractivity contribution in [3.8, 4) is 0 Å². The van der Waals surface area contributed by atoms with Gasteiger partial charge in [0, 0.05) is 9.75 Å². The van der Waals surface area contributed by atoms with Gasteiger partial charge in [0.05, 0.1) is 0 Å². The summed E-state index contributed by atoms with van der Waals surface area (Å²) in [6.07, 6.45) is -0.666. The lowest BCUT2D eigenvalue weighted by atomic mass is 9.94.